The number of benzene rings is 1. The van der Waals surface area contributed by atoms with Crippen LogP contribution in [0.2, 0.25) is 0 Å². The van der Waals surface area contributed by atoms with E-state index in [0.717, 1.165) is 51.1 Å². The monoisotopic (exact) mass is 690 g/mol. The number of morpholine rings is 1. The number of fused-ring (bicyclic) bond motifs is 1. The molecule has 0 saturated carbocycles. The Bertz CT molecular complexity index is 1290. The largest absolute Gasteiger partial charge is 0.481 e. The zero-order valence-corrected chi connectivity index (χ0v) is 26.7. The highest BCUT2D eigenvalue weighted by Gasteiger charge is 2.40. The number of aliphatic hydroxyl groups excluding tert-OH is 1. The maximum Gasteiger partial charge on any atom is 0.238 e. The quantitative estimate of drug-likeness (QED) is 0.283. The van der Waals surface area contributed by atoms with E-state index < -0.39 is 6.41 Å². The number of rotatable bonds is 10. The van der Waals surface area contributed by atoms with E-state index in [1.165, 1.54) is 0 Å². The van der Waals surface area contributed by atoms with Gasteiger partial charge in [-0.2, -0.15) is 0 Å². The molecule has 10 nitrogen and oxygen atoms in total. The molecule has 1 saturated heterocycles. The second-order valence-corrected chi connectivity index (χ2v) is 11.8. The smallest absolute Gasteiger partial charge is 0.238 e. The molecule has 4 heterocycles. The minimum Gasteiger partial charge on any atom is -0.481 e. The van der Waals surface area contributed by atoms with Gasteiger partial charge in [0, 0.05) is 47.3 Å². The van der Waals surface area contributed by atoms with E-state index in [4.69, 9.17) is 29.2 Å². The van der Waals surface area contributed by atoms with Crippen molar-refractivity contribution < 1.29 is 19.3 Å². The molecule has 2 unspecified atom stereocenters. The molecule has 1 N–H and O–H groups in total. The average Bonchev–Trinajstić information content (AvgIpc) is 2.99. The lowest BCUT2D eigenvalue weighted by atomic mass is 9.92. The Morgan fingerprint density at radius 3 is 2.44 bits per heavy atom. The third-order valence-electron chi connectivity index (χ3n) is 7.50. The van der Waals surface area contributed by atoms with Gasteiger partial charge >= 0.3 is 0 Å². The van der Waals surface area contributed by atoms with E-state index in [-0.39, 0.29) is 12.1 Å². The second-order valence-electron chi connectivity index (χ2n) is 10.0. The number of halogens is 2. The molecule has 0 amide bonds. The van der Waals surface area contributed by atoms with Crippen LogP contribution in [0.5, 0.6) is 5.88 Å². The van der Waals surface area contributed by atoms with Crippen LogP contribution in [0.1, 0.15) is 44.0 Å². The molecule has 3 aromatic rings. The SMILES string of the molecule is CCOC(O)N1c2ccc(OC)nc2[C@@H](N(Cc2cc(Br)cc(Br)c2)c2ncc(N3CCOCC3)cn2)CC1CC. The van der Waals surface area contributed by atoms with Crippen molar-refractivity contribution in [3.8, 4) is 5.88 Å². The van der Waals surface area contributed by atoms with Gasteiger partial charge in [-0.05, 0) is 49.6 Å². The van der Waals surface area contributed by atoms with Crippen molar-refractivity contribution in [1.82, 2.24) is 15.0 Å². The summed E-state index contributed by atoms with van der Waals surface area (Å²) in [5.74, 6) is 1.11. The van der Waals surface area contributed by atoms with Crippen LogP contribution in [0.25, 0.3) is 0 Å². The van der Waals surface area contributed by atoms with Gasteiger partial charge < -0.3 is 34.0 Å². The van der Waals surface area contributed by atoms with Gasteiger partial charge in [0.05, 0.1) is 55.8 Å². The Kier molecular flexibility index (Phi) is 9.97. The summed E-state index contributed by atoms with van der Waals surface area (Å²) in [7, 11) is 1.61. The summed E-state index contributed by atoms with van der Waals surface area (Å²) in [6.45, 7) is 7.95. The van der Waals surface area contributed by atoms with E-state index >= 15 is 0 Å². The fourth-order valence-electron chi connectivity index (χ4n) is 5.54. The van der Waals surface area contributed by atoms with Crippen molar-refractivity contribution in [3.05, 3.63) is 62.9 Å². The molecule has 1 fully saturated rings. The topological polar surface area (TPSA) is 96.3 Å². The summed E-state index contributed by atoms with van der Waals surface area (Å²) in [6.07, 6.45) is 4.18. The molecule has 12 heteroatoms. The number of nitrogens with zero attached hydrogens (tertiary/aromatic N) is 6. The maximum atomic E-state index is 11.0. The number of aliphatic hydroxyl groups is 1. The summed E-state index contributed by atoms with van der Waals surface area (Å²) in [5.41, 5.74) is 3.65. The van der Waals surface area contributed by atoms with Crippen molar-refractivity contribution >= 4 is 49.2 Å². The van der Waals surface area contributed by atoms with Crippen LogP contribution >= 0.6 is 31.9 Å². The summed E-state index contributed by atoms with van der Waals surface area (Å²) in [4.78, 5) is 21.1. The van der Waals surface area contributed by atoms with Crippen molar-refractivity contribution in [1.29, 1.82) is 0 Å². The number of hydrogen-bond donors (Lipinski definition) is 1. The van der Waals surface area contributed by atoms with Crippen molar-refractivity contribution in [2.45, 2.75) is 51.7 Å². The second kappa shape index (κ2) is 13.6. The predicted molar refractivity (Wildman–Crippen MR) is 165 cm³/mol. The van der Waals surface area contributed by atoms with Crippen LogP contribution in [0, 0.1) is 0 Å². The van der Waals surface area contributed by atoms with E-state index in [9.17, 15) is 5.11 Å². The molecule has 3 atom stereocenters. The third kappa shape index (κ3) is 6.77. The molecular formula is C29H36Br2N6O4. The lowest BCUT2D eigenvalue weighted by Crippen LogP contribution is -2.51. The van der Waals surface area contributed by atoms with E-state index in [2.05, 4.69) is 60.7 Å². The molecule has 220 valence electrons. The highest BCUT2D eigenvalue weighted by molar-refractivity contribution is 9.11. The molecule has 0 spiro atoms. The summed E-state index contributed by atoms with van der Waals surface area (Å²) in [6, 6.07) is 9.80. The van der Waals surface area contributed by atoms with Gasteiger partial charge in [0.15, 0.2) is 0 Å². The summed E-state index contributed by atoms with van der Waals surface area (Å²) in [5, 5.41) is 11.0. The zero-order chi connectivity index (χ0) is 28.9. The number of methoxy groups -OCH3 is 1. The fourth-order valence-corrected chi connectivity index (χ4v) is 6.93. The molecule has 2 aliphatic rings. The lowest BCUT2D eigenvalue weighted by Gasteiger charge is -2.46. The molecule has 0 bridgehead atoms. The van der Waals surface area contributed by atoms with Crippen molar-refractivity contribution in [2.75, 3.05) is 54.7 Å². The first-order valence-corrected chi connectivity index (χ1v) is 15.5. The van der Waals surface area contributed by atoms with Crippen LogP contribution in [-0.2, 0) is 16.0 Å². The lowest BCUT2D eigenvalue weighted by molar-refractivity contribution is -0.101. The Morgan fingerprint density at radius 2 is 1.80 bits per heavy atom. The number of hydrogen-bond acceptors (Lipinski definition) is 10. The van der Waals surface area contributed by atoms with Gasteiger partial charge in [-0.3, -0.25) is 0 Å². The molecular weight excluding hydrogens is 656 g/mol. The Balaban J connectivity index is 1.59. The van der Waals surface area contributed by atoms with Crippen LogP contribution < -0.4 is 19.4 Å². The first-order chi connectivity index (χ1) is 19.9. The Morgan fingerprint density at radius 1 is 1.10 bits per heavy atom. The molecule has 0 aliphatic carbocycles. The van der Waals surface area contributed by atoms with Crippen LogP contribution in [0.15, 0.2) is 51.7 Å². The van der Waals surface area contributed by atoms with Crippen molar-refractivity contribution in [3.63, 3.8) is 0 Å². The van der Waals surface area contributed by atoms with Gasteiger partial charge in [0.1, 0.15) is 0 Å². The molecule has 2 aromatic heterocycles. The van der Waals surface area contributed by atoms with Gasteiger partial charge in [0.25, 0.3) is 0 Å². The first kappa shape index (κ1) is 30.0. The van der Waals surface area contributed by atoms with Crippen molar-refractivity contribution in [2.24, 2.45) is 0 Å². The number of ether oxygens (including phenoxy) is 3. The maximum absolute atomic E-state index is 11.0. The molecule has 2 aliphatic heterocycles. The van der Waals surface area contributed by atoms with Gasteiger partial charge in [-0.25, -0.2) is 15.0 Å². The zero-order valence-electron chi connectivity index (χ0n) is 23.5. The molecule has 5 rings (SSSR count). The fraction of sp³-hybridized carbons (Fsp3) is 0.483. The van der Waals surface area contributed by atoms with E-state index in [1.54, 1.807) is 7.11 Å². The minimum absolute atomic E-state index is 0.00591. The summed E-state index contributed by atoms with van der Waals surface area (Å²) >= 11 is 7.28. The number of aromatic nitrogens is 3. The van der Waals surface area contributed by atoms with Gasteiger partial charge in [-0.15, -0.1) is 0 Å². The van der Waals surface area contributed by atoms with Crippen LogP contribution in [-0.4, -0.2) is 72.5 Å². The highest BCUT2D eigenvalue weighted by atomic mass is 79.9. The standard InChI is InChI=1S/C29H36Br2N6O4/c1-4-22-15-25(27-24(6-7-26(34-27)39-3)37(22)29(38)41-5-2)36(18-19-12-20(30)14-21(31)13-19)28-32-16-23(17-33-28)35-8-10-40-11-9-35/h6-7,12-14,16-17,22,25,29,38H,4-5,8-11,15,18H2,1-3H3/t22?,25-,29?/m0/s1. The van der Waals surface area contributed by atoms with E-state index in [1.807, 2.05) is 42.4 Å². The van der Waals surface area contributed by atoms with Crippen LogP contribution in [0.3, 0.4) is 0 Å². The predicted octanol–water partition coefficient (Wildman–Crippen LogP) is 5.29. The number of pyridine rings is 1. The van der Waals surface area contributed by atoms with Gasteiger partial charge in [0.2, 0.25) is 18.2 Å². The average molecular weight is 692 g/mol. The molecule has 1 aromatic carbocycles. The number of anilines is 3. The summed E-state index contributed by atoms with van der Waals surface area (Å²) < 4.78 is 18.7. The third-order valence-corrected chi connectivity index (χ3v) is 8.42. The first-order valence-electron chi connectivity index (χ1n) is 13.9. The molecule has 0 radical (unpaired) electrons. The normalized spacial score (nSPS) is 19.6. The Hall–Kier alpha value is -2.51. The van der Waals surface area contributed by atoms with E-state index in [0.29, 0.717) is 44.6 Å². The minimum atomic E-state index is -1.08. The Labute approximate surface area is 257 Å². The van der Waals surface area contributed by atoms with Gasteiger partial charge in [-0.1, -0.05) is 38.8 Å². The highest BCUT2D eigenvalue weighted by Crippen LogP contribution is 2.44. The molecule has 41 heavy (non-hydrogen) atoms. The van der Waals surface area contributed by atoms with Crippen LogP contribution in [0.4, 0.5) is 17.3 Å².